The number of benzene rings is 1. The topological polar surface area (TPSA) is 83.5 Å². The van der Waals surface area contributed by atoms with Crippen LogP contribution in [0.25, 0.3) is 0 Å². The van der Waals surface area contributed by atoms with Crippen molar-refractivity contribution in [1.29, 1.82) is 0 Å². The highest BCUT2D eigenvalue weighted by atomic mass is 32.2. The Hall–Kier alpha value is -1.40. The number of aryl methyl sites for hydroxylation is 1. The van der Waals surface area contributed by atoms with E-state index in [0.29, 0.717) is 12.1 Å². The van der Waals surface area contributed by atoms with E-state index in [2.05, 4.69) is 5.32 Å². The zero-order chi connectivity index (χ0) is 14.3. The van der Waals surface area contributed by atoms with Gasteiger partial charge in [0.2, 0.25) is 5.91 Å². The van der Waals surface area contributed by atoms with Crippen LogP contribution in [0.15, 0.2) is 24.3 Å². The summed E-state index contributed by atoms with van der Waals surface area (Å²) in [5, 5.41) is 11.4. The largest absolute Gasteiger partial charge is 0.396 e. The predicted molar refractivity (Wildman–Crippen MR) is 74.8 cm³/mol. The van der Waals surface area contributed by atoms with Gasteiger partial charge in [-0.25, -0.2) is 8.42 Å². The molecule has 0 fully saturated rings. The fraction of sp³-hybridized carbons (Fsp3) is 0.462. The number of rotatable bonds is 7. The standard InChI is InChI=1S/C13H19NO4S/c1-19(17,18)9-7-13(16)14-12-6-2-4-11(10-12)5-3-8-15/h2,4,6,10,15H,3,5,7-9H2,1H3,(H,14,16). The number of nitrogens with one attached hydrogen (secondary N) is 1. The molecule has 19 heavy (non-hydrogen) atoms. The van der Waals surface area contributed by atoms with Crippen LogP contribution in [0.5, 0.6) is 0 Å². The van der Waals surface area contributed by atoms with Crippen molar-refractivity contribution in [1.82, 2.24) is 0 Å². The van der Waals surface area contributed by atoms with E-state index in [0.717, 1.165) is 18.2 Å². The van der Waals surface area contributed by atoms with E-state index < -0.39 is 9.84 Å². The first kappa shape index (κ1) is 15.7. The number of sulfone groups is 1. The molecule has 1 aromatic rings. The zero-order valence-corrected chi connectivity index (χ0v) is 11.7. The van der Waals surface area contributed by atoms with Crippen molar-refractivity contribution < 1.29 is 18.3 Å². The SMILES string of the molecule is CS(=O)(=O)CCC(=O)Nc1cccc(CCCO)c1. The Morgan fingerprint density at radius 3 is 2.74 bits per heavy atom. The summed E-state index contributed by atoms with van der Waals surface area (Å²) in [5.41, 5.74) is 1.67. The van der Waals surface area contributed by atoms with E-state index >= 15 is 0 Å². The predicted octanol–water partition coefficient (Wildman–Crippen LogP) is 0.985. The van der Waals surface area contributed by atoms with Crippen LogP contribution < -0.4 is 5.32 Å². The van der Waals surface area contributed by atoms with Crippen molar-refractivity contribution in [3.05, 3.63) is 29.8 Å². The van der Waals surface area contributed by atoms with E-state index in [1.54, 1.807) is 6.07 Å². The summed E-state index contributed by atoms with van der Waals surface area (Å²) in [6.07, 6.45) is 2.48. The third-order valence-corrected chi connectivity index (χ3v) is 3.48. The molecule has 106 valence electrons. The summed E-state index contributed by atoms with van der Waals surface area (Å²) in [6.45, 7) is 0.130. The lowest BCUT2D eigenvalue weighted by molar-refractivity contribution is -0.115. The lowest BCUT2D eigenvalue weighted by Gasteiger charge is -2.07. The lowest BCUT2D eigenvalue weighted by atomic mass is 10.1. The Morgan fingerprint density at radius 2 is 2.11 bits per heavy atom. The van der Waals surface area contributed by atoms with Gasteiger partial charge in [0.05, 0.1) is 5.75 Å². The van der Waals surface area contributed by atoms with Crippen molar-refractivity contribution in [3.8, 4) is 0 Å². The molecule has 0 saturated carbocycles. The number of carbonyl (C=O) groups excluding carboxylic acids is 1. The van der Waals surface area contributed by atoms with Crippen LogP contribution in [0, 0.1) is 0 Å². The molecule has 1 rings (SSSR count). The van der Waals surface area contributed by atoms with Crippen LogP contribution in [0.1, 0.15) is 18.4 Å². The third kappa shape index (κ3) is 6.93. The van der Waals surface area contributed by atoms with Crippen molar-refractivity contribution >= 4 is 21.4 Å². The molecule has 0 aliphatic rings. The maximum atomic E-state index is 11.6. The van der Waals surface area contributed by atoms with Crippen LogP contribution in [-0.4, -0.2) is 38.0 Å². The molecule has 0 aliphatic heterocycles. The minimum Gasteiger partial charge on any atom is -0.396 e. The molecule has 1 aromatic carbocycles. The maximum absolute atomic E-state index is 11.6. The van der Waals surface area contributed by atoms with Crippen LogP contribution >= 0.6 is 0 Å². The summed E-state index contributed by atoms with van der Waals surface area (Å²) >= 11 is 0. The van der Waals surface area contributed by atoms with Gasteiger partial charge in [0, 0.05) is 25.0 Å². The number of amides is 1. The Labute approximate surface area is 113 Å². The molecule has 0 heterocycles. The zero-order valence-electron chi connectivity index (χ0n) is 10.9. The molecule has 2 N–H and O–H groups in total. The molecule has 0 atom stereocenters. The smallest absolute Gasteiger partial charge is 0.225 e. The van der Waals surface area contributed by atoms with E-state index in [4.69, 9.17) is 5.11 Å². The third-order valence-electron chi connectivity index (χ3n) is 2.53. The minimum absolute atomic E-state index is 0.0420. The average Bonchev–Trinajstić information content (AvgIpc) is 2.33. The number of hydrogen-bond acceptors (Lipinski definition) is 4. The molecule has 0 bridgehead atoms. The van der Waals surface area contributed by atoms with Crippen LogP contribution in [0.2, 0.25) is 0 Å². The molecule has 0 aromatic heterocycles. The lowest BCUT2D eigenvalue weighted by Crippen LogP contribution is -2.16. The molecule has 0 unspecified atom stereocenters. The van der Waals surface area contributed by atoms with Gasteiger partial charge in [-0.2, -0.15) is 0 Å². The fourth-order valence-electron chi connectivity index (χ4n) is 1.59. The van der Waals surface area contributed by atoms with Gasteiger partial charge in [-0.15, -0.1) is 0 Å². The van der Waals surface area contributed by atoms with E-state index in [1.165, 1.54) is 0 Å². The Bertz CT molecular complexity index is 525. The van der Waals surface area contributed by atoms with E-state index in [9.17, 15) is 13.2 Å². The summed E-state index contributed by atoms with van der Waals surface area (Å²) in [5.74, 6) is -0.465. The Balaban J connectivity index is 2.54. The summed E-state index contributed by atoms with van der Waals surface area (Å²) < 4.78 is 21.9. The Morgan fingerprint density at radius 1 is 1.37 bits per heavy atom. The highest BCUT2D eigenvalue weighted by molar-refractivity contribution is 7.90. The van der Waals surface area contributed by atoms with Crippen molar-refractivity contribution in [2.24, 2.45) is 0 Å². The van der Waals surface area contributed by atoms with Crippen molar-refractivity contribution in [2.75, 3.05) is 23.9 Å². The van der Waals surface area contributed by atoms with Crippen molar-refractivity contribution in [2.45, 2.75) is 19.3 Å². The number of aliphatic hydroxyl groups is 1. The van der Waals surface area contributed by atoms with Crippen LogP contribution in [-0.2, 0) is 21.1 Å². The average molecular weight is 285 g/mol. The fourth-order valence-corrected chi connectivity index (χ4v) is 2.15. The molecular formula is C13H19NO4S. The van der Waals surface area contributed by atoms with Gasteiger partial charge in [0.15, 0.2) is 0 Å². The quantitative estimate of drug-likeness (QED) is 0.782. The monoisotopic (exact) mass is 285 g/mol. The number of carbonyl (C=O) groups is 1. The molecule has 6 heteroatoms. The second-order valence-corrected chi connectivity index (χ2v) is 6.72. The van der Waals surface area contributed by atoms with Gasteiger partial charge in [-0.3, -0.25) is 4.79 Å². The molecular weight excluding hydrogens is 266 g/mol. The van der Waals surface area contributed by atoms with Gasteiger partial charge in [0.1, 0.15) is 9.84 Å². The number of hydrogen-bond donors (Lipinski definition) is 2. The van der Waals surface area contributed by atoms with Gasteiger partial charge < -0.3 is 10.4 Å². The van der Waals surface area contributed by atoms with Crippen LogP contribution in [0.4, 0.5) is 5.69 Å². The minimum atomic E-state index is -3.12. The second-order valence-electron chi connectivity index (χ2n) is 4.46. The van der Waals surface area contributed by atoms with Gasteiger partial charge in [-0.1, -0.05) is 12.1 Å². The second kappa shape index (κ2) is 7.25. The number of aliphatic hydroxyl groups excluding tert-OH is 1. The van der Waals surface area contributed by atoms with Crippen molar-refractivity contribution in [3.63, 3.8) is 0 Å². The Kier molecular flexibility index (Phi) is 5.98. The highest BCUT2D eigenvalue weighted by Gasteiger charge is 2.08. The van der Waals surface area contributed by atoms with Gasteiger partial charge in [-0.05, 0) is 30.5 Å². The van der Waals surface area contributed by atoms with E-state index in [-0.39, 0.29) is 24.7 Å². The first-order valence-corrected chi connectivity index (χ1v) is 8.14. The van der Waals surface area contributed by atoms with Crippen LogP contribution in [0.3, 0.4) is 0 Å². The molecule has 0 aliphatic carbocycles. The van der Waals surface area contributed by atoms with Gasteiger partial charge >= 0.3 is 0 Å². The molecule has 0 spiro atoms. The first-order chi connectivity index (χ1) is 8.90. The van der Waals surface area contributed by atoms with Gasteiger partial charge in [0.25, 0.3) is 0 Å². The molecule has 0 radical (unpaired) electrons. The maximum Gasteiger partial charge on any atom is 0.225 e. The highest BCUT2D eigenvalue weighted by Crippen LogP contribution is 2.12. The van der Waals surface area contributed by atoms with E-state index in [1.807, 2.05) is 18.2 Å². The summed E-state index contributed by atoms with van der Waals surface area (Å²) in [4.78, 5) is 11.6. The summed E-state index contributed by atoms with van der Waals surface area (Å²) in [6, 6.07) is 7.31. The first-order valence-electron chi connectivity index (χ1n) is 6.08. The summed E-state index contributed by atoms with van der Waals surface area (Å²) in [7, 11) is -3.12. The normalized spacial score (nSPS) is 11.3. The molecule has 1 amide bonds. The molecule has 0 saturated heterocycles. The molecule has 5 nitrogen and oxygen atoms in total. The number of anilines is 1.